The van der Waals surface area contributed by atoms with Crippen molar-refractivity contribution in [1.82, 2.24) is 20.4 Å². The summed E-state index contributed by atoms with van der Waals surface area (Å²) in [5, 5.41) is 6.09. The van der Waals surface area contributed by atoms with Crippen LogP contribution in [0.4, 0.5) is 0 Å². The molecule has 0 aromatic rings. The van der Waals surface area contributed by atoms with Gasteiger partial charge in [0.1, 0.15) is 0 Å². The van der Waals surface area contributed by atoms with Crippen molar-refractivity contribution in [3.8, 4) is 0 Å². The first-order chi connectivity index (χ1) is 30.2. The van der Waals surface area contributed by atoms with Crippen LogP contribution in [0.25, 0.3) is 0 Å². The van der Waals surface area contributed by atoms with Gasteiger partial charge in [-0.2, -0.15) is 0 Å². The molecule has 0 unspecified atom stereocenters. The fourth-order valence-electron chi connectivity index (χ4n) is 7.77. The number of rotatable bonds is 46. The number of allylic oxidation sites excluding steroid dienone is 2. The molecule has 10 N–H and O–H groups in total. The minimum atomic E-state index is -0.595. The highest BCUT2D eigenvalue weighted by atomic mass is 16.2. The van der Waals surface area contributed by atoms with Gasteiger partial charge in [-0.15, -0.1) is 0 Å². The van der Waals surface area contributed by atoms with E-state index in [1.807, 2.05) is 9.80 Å². The first-order valence-corrected chi connectivity index (χ1v) is 25.9. The lowest BCUT2D eigenvalue weighted by Gasteiger charge is -2.28. The number of carbonyl (C=O) groups is 4. The van der Waals surface area contributed by atoms with E-state index >= 15 is 0 Å². The SMILES string of the molecule is CCCCCCCC/C=C\CCCCCCCC(=O)NCCCN(CCCCN(CCCNC(=O)CCCCCCCCC)C(=O)[C@@H](N)CCCCN)C(=O)[C@@H](N)CCCCN. The Morgan fingerprint density at radius 1 is 0.435 bits per heavy atom. The van der Waals surface area contributed by atoms with Crippen molar-refractivity contribution in [2.75, 3.05) is 52.4 Å². The lowest BCUT2D eigenvalue weighted by atomic mass is 10.1. The monoisotopic (exact) mass is 877 g/mol. The highest BCUT2D eigenvalue weighted by molar-refractivity contribution is 5.82. The molecule has 0 rings (SSSR count). The summed E-state index contributed by atoms with van der Waals surface area (Å²) in [7, 11) is 0. The van der Waals surface area contributed by atoms with Crippen LogP contribution in [0.2, 0.25) is 0 Å². The van der Waals surface area contributed by atoms with Gasteiger partial charge in [0.25, 0.3) is 0 Å². The van der Waals surface area contributed by atoms with Crippen LogP contribution >= 0.6 is 0 Å². The van der Waals surface area contributed by atoms with Crippen LogP contribution < -0.4 is 33.6 Å². The molecular weight excluding hydrogens is 777 g/mol. The van der Waals surface area contributed by atoms with Crippen molar-refractivity contribution in [3.63, 3.8) is 0 Å². The molecule has 0 saturated heterocycles. The van der Waals surface area contributed by atoms with E-state index in [4.69, 9.17) is 22.9 Å². The van der Waals surface area contributed by atoms with Gasteiger partial charge < -0.3 is 43.4 Å². The predicted molar refractivity (Wildman–Crippen MR) is 261 cm³/mol. The van der Waals surface area contributed by atoms with E-state index in [1.54, 1.807) is 0 Å². The maximum absolute atomic E-state index is 13.5. The van der Waals surface area contributed by atoms with Crippen LogP contribution in [0.5, 0.6) is 0 Å². The number of nitrogens with one attached hydrogen (secondary N) is 2. The van der Waals surface area contributed by atoms with E-state index in [0.29, 0.717) is 104 Å². The van der Waals surface area contributed by atoms with Gasteiger partial charge >= 0.3 is 0 Å². The quantitative estimate of drug-likeness (QED) is 0.0258. The van der Waals surface area contributed by atoms with Crippen molar-refractivity contribution >= 4 is 23.6 Å². The van der Waals surface area contributed by atoms with Crippen LogP contribution in [0, 0.1) is 0 Å². The maximum atomic E-state index is 13.5. The third kappa shape index (κ3) is 36.9. The van der Waals surface area contributed by atoms with Gasteiger partial charge in [-0.25, -0.2) is 0 Å². The molecule has 0 spiro atoms. The highest BCUT2D eigenvalue weighted by Gasteiger charge is 2.23. The lowest BCUT2D eigenvalue weighted by molar-refractivity contribution is -0.134. The molecule has 0 aliphatic carbocycles. The molecule has 0 aromatic heterocycles. The second kappa shape index (κ2) is 45.0. The first kappa shape index (κ1) is 59.5. The molecule has 12 nitrogen and oxygen atoms in total. The number of hydrogen-bond acceptors (Lipinski definition) is 8. The summed E-state index contributed by atoms with van der Waals surface area (Å²) in [5.74, 6) is -0.0239. The fraction of sp³-hybridized carbons (Fsp3) is 0.880. The summed E-state index contributed by atoms with van der Waals surface area (Å²) in [6, 6.07) is -1.19. The molecule has 4 amide bonds. The molecular formula is C50H100N8O4. The van der Waals surface area contributed by atoms with E-state index in [-0.39, 0.29) is 23.6 Å². The average molecular weight is 877 g/mol. The zero-order chi connectivity index (χ0) is 45.7. The van der Waals surface area contributed by atoms with Gasteiger partial charge in [0, 0.05) is 52.1 Å². The molecule has 0 aliphatic heterocycles. The van der Waals surface area contributed by atoms with Crippen molar-refractivity contribution in [3.05, 3.63) is 12.2 Å². The Morgan fingerprint density at radius 3 is 1.15 bits per heavy atom. The molecule has 0 fully saturated rings. The molecule has 0 aromatic carbocycles. The van der Waals surface area contributed by atoms with E-state index < -0.39 is 12.1 Å². The fourth-order valence-corrected chi connectivity index (χ4v) is 7.77. The standard InChI is InChI=1S/C50H100N8O4/c1-3-5-7-9-11-12-13-14-15-16-17-18-20-22-24-36-48(60)56-40-32-44-58(50(62)46(54)34-26-28-38-52)42-30-29-41-57(49(61)45(53)33-25-27-37-51)43-31-39-55-47(59)35-23-21-19-10-8-6-4-2/h14-15,45-46H,3-13,16-44,51-54H2,1-2H3,(H,55,59)(H,56,60)/b15-14-/t45-,46-/m0/s1. The van der Waals surface area contributed by atoms with Gasteiger partial charge in [0.15, 0.2) is 0 Å². The summed E-state index contributed by atoms with van der Waals surface area (Å²) < 4.78 is 0. The van der Waals surface area contributed by atoms with Gasteiger partial charge in [0.05, 0.1) is 12.1 Å². The number of hydrogen-bond donors (Lipinski definition) is 6. The van der Waals surface area contributed by atoms with Crippen LogP contribution in [-0.4, -0.2) is 97.9 Å². The second-order valence-electron chi connectivity index (χ2n) is 17.8. The maximum Gasteiger partial charge on any atom is 0.239 e. The zero-order valence-corrected chi connectivity index (χ0v) is 40.4. The molecule has 2 atom stereocenters. The topological polar surface area (TPSA) is 203 Å². The van der Waals surface area contributed by atoms with Crippen molar-refractivity contribution < 1.29 is 19.2 Å². The Morgan fingerprint density at radius 2 is 0.774 bits per heavy atom. The minimum Gasteiger partial charge on any atom is -0.356 e. The van der Waals surface area contributed by atoms with Crippen LogP contribution in [0.1, 0.15) is 219 Å². The van der Waals surface area contributed by atoms with E-state index in [2.05, 4.69) is 36.6 Å². The Hall–Kier alpha value is -2.54. The molecule has 0 saturated carbocycles. The summed E-state index contributed by atoms with van der Waals surface area (Å²) in [6.07, 6.45) is 37.0. The van der Waals surface area contributed by atoms with E-state index in [0.717, 1.165) is 64.2 Å². The number of unbranched alkanes of at least 4 members (excludes halogenated alkanes) is 20. The second-order valence-corrected chi connectivity index (χ2v) is 17.8. The first-order valence-electron chi connectivity index (χ1n) is 25.9. The minimum absolute atomic E-state index is 0.0673. The normalized spacial score (nSPS) is 12.4. The average Bonchev–Trinajstić information content (AvgIpc) is 3.27. The summed E-state index contributed by atoms with van der Waals surface area (Å²) in [6.45, 7) is 8.69. The van der Waals surface area contributed by atoms with Crippen LogP contribution in [-0.2, 0) is 19.2 Å². The van der Waals surface area contributed by atoms with Crippen molar-refractivity contribution in [2.45, 2.75) is 231 Å². The summed E-state index contributed by atoms with van der Waals surface area (Å²) in [5.41, 5.74) is 24.1. The highest BCUT2D eigenvalue weighted by Crippen LogP contribution is 2.12. The Bertz CT molecular complexity index is 1090. The molecule has 62 heavy (non-hydrogen) atoms. The smallest absolute Gasteiger partial charge is 0.239 e. The molecule has 0 aliphatic rings. The number of carbonyl (C=O) groups excluding carboxylic acids is 4. The van der Waals surface area contributed by atoms with E-state index in [1.165, 1.54) is 89.9 Å². The number of nitrogens with two attached hydrogens (primary N) is 4. The Balaban J connectivity index is 4.81. The third-order valence-electron chi connectivity index (χ3n) is 11.8. The van der Waals surface area contributed by atoms with Gasteiger partial charge in [0.2, 0.25) is 23.6 Å². The van der Waals surface area contributed by atoms with Gasteiger partial charge in [-0.05, 0) is 103 Å². The number of nitrogens with zero attached hydrogens (tertiary/aromatic N) is 2. The summed E-state index contributed by atoms with van der Waals surface area (Å²) >= 11 is 0. The zero-order valence-electron chi connectivity index (χ0n) is 40.4. The van der Waals surface area contributed by atoms with Gasteiger partial charge in [-0.1, -0.05) is 129 Å². The Labute approximate surface area is 381 Å². The molecule has 364 valence electrons. The van der Waals surface area contributed by atoms with Crippen molar-refractivity contribution in [2.24, 2.45) is 22.9 Å². The van der Waals surface area contributed by atoms with Gasteiger partial charge in [-0.3, -0.25) is 19.2 Å². The molecule has 0 bridgehead atoms. The Kier molecular flexibility index (Phi) is 43.2. The molecule has 0 radical (unpaired) electrons. The third-order valence-corrected chi connectivity index (χ3v) is 11.8. The van der Waals surface area contributed by atoms with E-state index in [9.17, 15) is 19.2 Å². The predicted octanol–water partition coefficient (Wildman–Crippen LogP) is 8.53. The lowest BCUT2D eigenvalue weighted by Crippen LogP contribution is -2.46. The van der Waals surface area contributed by atoms with Crippen LogP contribution in [0.3, 0.4) is 0 Å². The molecule has 12 heteroatoms. The van der Waals surface area contributed by atoms with Crippen LogP contribution in [0.15, 0.2) is 12.2 Å². The van der Waals surface area contributed by atoms with Crippen molar-refractivity contribution in [1.29, 1.82) is 0 Å². The molecule has 0 heterocycles. The summed E-state index contributed by atoms with van der Waals surface area (Å²) in [4.78, 5) is 55.6. The largest absolute Gasteiger partial charge is 0.356 e. The number of amides is 4.